The SMILES string of the molecule is CNCC1CCN(S(=O)(=O)NCCN2CCOCC2)CC1. The smallest absolute Gasteiger partial charge is 0.279 e. The monoisotopic (exact) mass is 320 g/mol. The van der Waals surface area contributed by atoms with Gasteiger partial charge in [0, 0.05) is 39.3 Å². The first-order valence-electron chi connectivity index (χ1n) is 7.81. The van der Waals surface area contributed by atoms with Crippen LogP contribution in [-0.2, 0) is 14.9 Å². The van der Waals surface area contributed by atoms with Crippen LogP contribution in [0.1, 0.15) is 12.8 Å². The highest BCUT2D eigenvalue weighted by Crippen LogP contribution is 2.18. The molecule has 21 heavy (non-hydrogen) atoms. The summed E-state index contributed by atoms with van der Waals surface area (Å²) in [7, 11) is -1.38. The number of hydrogen-bond acceptors (Lipinski definition) is 5. The third kappa shape index (κ3) is 5.46. The zero-order chi connectivity index (χ0) is 15.1. The van der Waals surface area contributed by atoms with Gasteiger partial charge in [0.2, 0.25) is 0 Å². The molecule has 2 aliphatic heterocycles. The van der Waals surface area contributed by atoms with Gasteiger partial charge in [-0.1, -0.05) is 0 Å². The fraction of sp³-hybridized carbons (Fsp3) is 1.00. The second-order valence-electron chi connectivity index (χ2n) is 5.75. The molecule has 2 saturated heterocycles. The van der Waals surface area contributed by atoms with Crippen molar-refractivity contribution in [2.24, 2.45) is 5.92 Å². The zero-order valence-electron chi connectivity index (χ0n) is 12.9. The average molecular weight is 320 g/mol. The van der Waals surface area contributed by atoms with Gasteiger partial charge in [-0.05, 0) is 32.4 Å². The van der Waals surface area contributed by atoms with Gasteiger partial charge >= 0.3 is 0 Å². The highest BCUT2D eigenvalue weighted by Gasteiger charge is 2.27. The lowest BCUT2D eigenvalue weighted by Gasteiger charge is -2.31. The van der Waals surface area contributed by atoms with E-state index in [9.17, 15) is 8.42 Å². The van der Waals surface area contributed by atoms with Crippen molar-refractivity contribution in [2.45, 2.75) is 12.8 Å². The van der Waals surface area contributed by atoms with E-state index in [1.165, 1.54) is 0 Å². The Morgan fingerprint density at radius 3 is 2.43 bits per heavy atom. The Balaban J connectivity index is 1.69. The Morgan fingerprint density at radius 2 is 1.81 bits per heavy atom. The maximum Gasteiger partial charge on any atom is 0.279 e. The lowest BCUT2D eigenvalue weighted by molar-refractivity contribution is 0.0390. The number of ether oxygens (including phenoxy) is 1. The van der Waals surface area contributed by atoms with Crippen LogP contribution in [0.3, 0.4) is 0 Å². The molecule has 0 aromatic carbocycles. The van der Waals surface area contributed by atoms with Gasteiger partial charge in [-0.15, -0.1) is 0 Å². The van der Waals surface area contributed by atoms with Crippen LogP contribution < -0.4 is 10.0 Å². The molecule has 0 saturated carbocycles. The van der Waals surface area contributed by atoms with Crippen LogP contribution in [0, 0.1) is 5.92 Å². The second kappa shape index (κ2) is 8.40. The molecule has 0 amide bonds. The lowest BCUT2D eigenvalue weighted by Crippen LogP contribution is -2.48. The molecule has 124 valence electrons. The van der Waals surface area contributed by atoms with Gasteiger partial charge in [0.25, 0.3) is 10.2 Å². The van der Waals surface area contributed by atoms with E-state index in [1.54, 1.807) is 4.31 Å². The van der Waals surface area contributed by atoms with Crippen LogP contribution in [0.5, 0.6) is 0 Å². The van der Waals surface area contributed by atoms with Crippen LogP contribution >= 0.6 is 0 Å². The van der Waals surface area contributed by atoms with Crippen molar-refractivity contribution in [1.82, 2.24) is 19.2 Å². The summed E-state index contributed by atoms with van der Waals surface area (Å²) < 4.78 is 34.1. The second-order valence-corrected chi connectivity index (χ2v) is 7.51. The van der Waals surface area contributed by atoms with Gasteiger partial charge in [-0.3, -0.25) is 4.90 Å². The molecule has 8 heteroatoms. The highest BCUT2D eigenvalue weighted by molar-refractivity contribution is 7.87. The molecule has 2 N–H and O–H groups in total. The summed E-state index contributed by atoms with van der Waals surface area (Å²) in [6.07, 6.45) is 1.87. The Hall–Kier alpha value is -0.250. The molecule has 0 aliphatic carbocycles. The quantitative estimate of drug-likeness (QED) is 0.635. The van der Waals surface area contributed by atoms with Crippen molar-refractivity contribution in [3.05, 3.63) is 0 Å². The van der Waals surface area contributed by atoms with Crippen molar-refractivity contribution in [3.63, 3.8) is 0 Å². The number of hydrogen-bond donors (Lipinski definition) is 2. The molecule has 2 aliphatic rings. The van der Waals surface area contributed by atoms with E-state index in [-0.39, 0.29) is 0 Å². The van der Waals surface area contributed by atoms with Crippen LogP contribution in [-0.4, -0.2) is 83.7 Å². The van der Waals surface area contributed by atoms with E-state index in [4.69, 9.17) is 4.74 Å². The Morgan fingerprint density at radius 1 is 1.14 bits per heavy atom. The Bertz CT molecular complexity index is 390. The summed E-state index contributed by atoms with van der Waals surface area (Å²) in [5.41, 5.74) is 0. The maximum atomic E-state index is 12.2. The summed E-state index contributed by atoms with van der Waals surface area (Å²) in [5.74, 6) is 0.592. The van der Waals surface area contributed by atoms with E-state index in [2.05, 4.69) is 14.9 Å². The van der Waals surface area contributed by atoms with Gasteiger partial charge in [0.05, 0.1) is 13.2 Å². The summed E-state index contributed by atoms with van der Waals surface area (Å²) in [6.45, 7) is 6.69. The standard InChI is InChI=1S/C13H28N4O3S/c1-14-12-13-2-5-17(6-3-13)21(18,19)15-4-7-16-8-10-20-11-9-16/h13-15H,2-12H2,1H3. The molecule has 0 atom stereocenters. The molecule has 2 fully saturated rings. The molecule has 0 bridgehead atoms. The highest BCUT2D eigenvalue weighted by atomic mass is 32.2. The molecular weight excluding hydrogens is 292 g/mol. The van der Waals surface area contributed by atoms with Crippen LogP contribution in [0.4, 0.5) is 0 Å². The Labute approximate surface area is 128 Å². The largest absolute Gasteiger partial charge is 0.379 e. The van der Waals surface area contributed by atoms with E-state index in [0.717, 1.165) is 52.2 Å². The molecular formula is C13H28N4O3S. The zero-order valence-corrected chi connectivity index (χ0v) is 13.7. The normalized spacial score (nSPS) is 23.5. The van der Waals surface area contributed by atoms with Crippen LogP contribution in [0.2, 0.25) is 0 Å². The van der Waals surface area contributed by atoms with Gasteiger partial charge in [0.1, 0.15) is 0 Å². The topological polar surface area (TPSA) is 73.9 Å². The predicted molar refractivity (Wildman–Crippen MR) is 82.4 cm³/mol. The van der Waals surface area contributed by atoms with E-state index in [0.29, 0.717) is 25.6 Å². The Kier molecular flexibility index (Phi) is 6.84. The van der Waals surface area contributed by atoms with E-state index < -0.39 is 10.2 Å². The summed E-state index contributed by atoms with van der Waals surface area (Å²) >= 11 is 0. The first kappa shape index (κ1) is 17.1. The summed E-state index contributed by atoms with van der Waals surface area (Å²) in [6, 6.07) is 0. The molecule has 7 nitrogen and oxygen atoms in total. The maximum absolute atomic E-state index is 12.2. The third-order valence-electron chi connectivity index (χ3n) is 4.22. The molecule has 0 spiro atoms. The van der Waals surface area contributed by atoms with Gasteiger partial charge in [0.15, 0.2) is 0 Å². The van der Waals surface area contributed by atoms with Gasteiger partial charge in [-0.25, -0.2) is 4.72 Å². The number of morpholine rings is 1. The lowest BCUT2D eigenvalue weighted by atomic mass is 9.98. The third-order valence-corrected chi connectivity index (χ3v) is 5.84. The molecule has 0 radical (unpaired) electrons. The van der Waals surface area contributed by atoms with Crippen molar-refractivity contribution in [1.29, 1.82) is 0 Å². The number of piperidine rings is 1. The van der Waals surface area contributed by atoms with E-state index in [1.807, 2.05) is 7.05 Å². The van der Waals surface area contributed by atoms with Crippen LogP contribution in [0.25, 0.3) is 0 Å². The fourth-order valence-corrected chi connectivity index (χ4v) is 4.11. The minimum atomic E-state index is -3.32. The molecule has 0 aromatic heterocycles. The minimum Gasteiger partial charge on any atom is -0.379 e. The van der Waals surface area contributed by atoms with Crippen LogP contribution in [0.15, 0.2) is 0 Å². The average Bonchev–Trinajstić information content (AvgIpc) is 2.49. The number of rotatable bonds is 7. The molecule has 2 rings (SSSR count). The summed E-state index contributed by atoms with van der Waals surface area (Å²) in [5, 5.41) is 3.16. The number of nitrogens with one attached hydrogen (secondary N) is 2. The van der Waals surface area contributed by atoms with Crippen molar-refractivity contribution < 1.29 is 13.2 Å². The van der Waals surface area contributed by atoms with Gasteiger partial charge in [-0.2, -0.15) is 12.7 Å². The fourth-order valence-electron chi connectivity index (χ4n) is 2.89. The molecule has 2 heterocycles. The van der Waals surface area contributed by atoms with Crippen molar-refractivity contribution >= 4 is 10.2 Å². The number of nitrogens with zero attached hydrogens (tertiary/aromatic N) is 2. The predicted octanol–water partition coefficient (Wildman–Crippen LogP) is -0.916. The molecule has 0 unspecified atom stereocenters. The van der Waals surface area contributed by atoms with Gasteiger partial charge < -0.3 is 10.1 Å². The minimum absolute atomic E-state index is 0.471. The molecule has 0 aromatic rings. The van der Waals surface area contributed by atoms with Crippen molar-refractivity contribution in [3.8, 4) is 0 Å². The van der Waals surface area contributed by atoms with Crippen molar-refractivity contribution in [2.75, 3.05) is 66.1 Å². The summed E-state index contributed by atoms with van der Waals surface area (Å²) in [4.78, 5) is 2.23. The van der Waals surface area contributed by atoms with E-state index >= 15 is 0 Å². The first-order valence-corrected chi connectivity index (χ1v) is 9.25. The first-order chi connectivity index (χ1) is 10.1.